The third-order valence-electron chi connectivity index (χ3n) is 2.69. The Bertz CT molecular complexity index is 327. The Labute approximate surface area is 84.7 Å². The predicted octanol–water partition coefficient (Wildman–Crippen LogP) is 1.15. The monoisotopic (exact) mass is 194 g/mol. The van der Waals surface area contributed by atoms with Crippen molar-refractivity contribution >= 4 is 5.82 Å². The van der Waals surface area contributed by atoms with E-state index in [1.54, 1.807) is 0 Å². The number of anilines is 1. The van der Waals surface area contributed by atoms with Gasteiger partial charge in [0.25, 0.3) is 0 Å². The topological polar surface area (TPSA) is 41.9 Å². The second-order valence-corrected chi connectivity index (χ2v) is 3.99. The van der Waals surface area contributed by atoms with E-state index in [-0.39, 0.29) is 0 Å². The molecule has 14 heavy (non-hydrogen) atoms. The van der Waals surface area contributed by atoms with Crippen LogP contribution in [0.2, 0.25) is 0 Å². The molecule has 4 nitrogen and oxygen atoms in total. The van der Waals surface area contributed by atoms with Gasteiger partial charge in [0.1, 0.15) is 0 Å². The third-order valence-corrected chi connectivity index (χ3v) is 2.69. The van der Waals surface area contributed by atoms with Crippen LogP contribution in [0.15, 0.2) is 0 Å². The average molecular weight is 194 g/mol. The molecular weight excluding hydrogens is 176 g/mol. The quantitative estimate of drug-likeness (QED) is 0.742. The molecule has 4 heteroatoms. The molecule has 0 aromatic carbocycles. The first-order valence-corrected chi connectivity index (χ1v) is 5.22. The fraction of sp³-hybridized carbons (Fsp3) is 0.700. The normalized spacial score (nSPS) is 15.7. The first-order valence-electron chi connectivity index (χ1n) is 5.22. The van der Waals surface area contributed by atoms with Gasteiger partial charge >= 0.3 is 0 Å². The minimum atomic E-state index is 0.436. The number of rotatable bonds is 2. The summed E-state index contributed by atoms with van der Waals surface area (Å²) in [6, 6.07) is 0.436. The molecule has 0 saturated carbocycles. The minimum absolute atomic E-state index is 0.436. The van der Waals surface area contributed by atoms with Gasteiger partial charge in [0, 0.05) is 25.2 Å². The number of fused-ring (bicyclic) bond motifs is 1. The van der Waals surface area contributed by atoms with Crippen LogP contribution in [0.4, 0.5) is 5.82 Å². The fourth-order valence-corrected chi connectivity index (χ4v) is 2.00. The number of aromatic nitrogens is 2. The zero-order chi connectivity index (χ0) is 10.1. The van der Waals surface area contributed by atoms with Crippen LogP contribution in [-0.4, -0.2) is 23.4 Å². The number of hydrogen-bond acceptors (Lipinski definition) is 3. The highest BCUT2D eigenvalue weighted by atomic mass is 15.3. The maximum absolute atomic E-state index is 4.58. The van der Waals surface area contributed by atoms with Gasteiger partial charge in [-0.2, -0.15) is 5.10 Å². The predicted molar refractivity (Wildman–Crippen MR) is 57.6 cm³/mol. The van der Waals surface area contributed by atoms with Crippen LogP contribution in [0.1, 0.15) is 31.1 Å². The summed E-state index contributed by atoms with van der Waals surface area (Å²) in [4.78, 5) is 0. The molecule has 0 amide bonds. The molecule has 0 fully saturated rings. The van der Waals surface area contributed by atoms with Gasteiger partial charge in [-0.15, -0.1) is 0 Å². The highest BCUT2D eigenvalue weighted by Crippen LogP contribution is 2.24. The van der Waals surface area contributed by atoms with Crippen molar-refractivity contribution in [3.8, 4) is 0 Å². The average Bonchev–Trinajstić information content (AvgIpc) is 2.56. The minimum Gasteiger partial charge on any atom is -0.371 e. The van der Waals surface area contributed by atoms with Crippen LogP contribution >= 0.6 is 0 Å². The molecule has 1 aromatic rings. The summed E-state index contributed by atoms with van der Waals surface area (Å²) < 4.78 is 2.12. The zero-order valence-electron chi connectivity index (χ0n) is 9.09. The van der Waals surface area contributed by atoms with Crippen molar-refractivity contribution in [2.45, 2.75) is 32.9 Å². The standard InChI is InChI=1S/C10H18N4/c1-7(2)14-9-6-12-5-4-8(9)10(11-3)13-14/h7,12H,4-6H2,1-3H3,(H,11,13). The molecule has 2 rings (SSSR count). The van der Waals surface area contributed by atoms with E-state index >= 15 is 0 Å². The van der Waals surface area contributed by atoms with Crippen LogP contribution < -0.4 is 10.6 Å². The summed E-state index contributed by atoms with van der Waals surface area (Å²) in [5, 5.41) is 11.1. The Kier molecular flexibility index (Phi) is 2.46. The summed E-state index contributed by atoms with van der Waals surface area (Å²) >= 11 is 0. The van der Waals surface area contributed by atoms with Crippen LogP contribution in [0, 0.1) is 0 Å². The SMILES string of the molecule is CNc1nn(C(C)C)c2c1CCNC2. The number of nitrogens with zero attached hydrogens (tertiary/aromatic N) is 2. The molecule has 0 unspecified atom stereocenters. The van der Waals surface area contributed by atoms with Crippen molar-refractivity contribution in [2.75, 3.05) is 18.9 Å². The maximum atomic E-state index is 4.58. The Morgan fingerprint density at radius 2 is 2.29 bits per heavy atom. The summed E-state index contributed by atoms with van der Waals surface area (Å²) in [6.45, 7) is 6.34. The van der Waals surface area contributed by atoms with Gasteiger partial charge in [0.2, 0.25) is 0 Å². The van der Waals surface area contributed by atoms with E-state index in [1.807, 2.05) is 7.05 Å². The van der Waals surface area contributed by atoms with Crippen molar-refractivity contribution < 1.29 is 0 Å². The van der Waals surface area contributed by atoms with Gasteiger partial charge < -0.3 is 10.6 Å². The molecule has 0 bridgehead atoms. The molecule has 0 radical (unpaired) electrons. The number of nitrogens with one attached hydrogen (secondary N) is 2. The van der Waals surface area contributed by atoms with Gasteiger partial charge in [-0.3, -0.25) is 4.68 Å². The Morgan fingerprint density at radius 1 is 1.50 bits per heavy atom. The summed E-state index contributed by atoms with van der Waals surface area (Å²) in [7, 11) is 1.94. The van der Waals surface area contributed by atoms with Crippen LogP contribution in [0.5, 0.6) is 0 Å². The fourth-order valence-electron chi connectivity index (χ4n) is 2.00. The highest BCUT2D eigenvalue weighted by molar-refractivity contribution is 5.47. The van der Waals surface area contributed by atoms with E-state index in [0.29, 0.717) is 6.04 Å². The molecule has 78 valence electrons. The smallest absolute Gasteiger partial charge is 0.151 e. The molecule has 2 heterocycles. The number of hydrogen-bond donors (Lipinski definition) is 2. The lowest BCUT2D eigenvalue weighted by molar-refractivity contribution is 0.487. The molecule has 0 aliphatic carbocycles. The first kappa shape index (κ1) is 9.52. The molecule has 0 spiro atoms. The Morgan fingerprint density at radius 3 is 2.93 bits per heavy atom. The van der Waals surface area contributed by atoms with Gasteiger partial charge in [-0.1, -0.05) is 0 Å². The zero-order valence-corrected chi connectivity index (χ0v) is 9.09. The Balaban J connectivity index is 2.46. The van der Waals surface area contributed by atoms with E-state index in [4.69, 9.17) is 0 Å². The lowest BCUT2D eigenvalue weighted by Gasteiger charge is -2.17. The lowest BCUT2D eigenvalue weighted by Crippen LogP contribution is -2.25. The molecule has 2 N–H and O–H groups in total. The molecule has 1 aliphatic rings. The van der Waals surface area contributed by atoms with E-state index < -0.39 is 0 Å². The van der Waals surface area contributed by atoms with Crippen molar-refractivity contribution in [3.05, 3.63) is 11.3 Å². The van der Waals surface area contributed by atoms with E-state index in [2.05, 4.69) is 34.3 Å². The van der Waals surface area contributed by atoms with Crippen molar-refractivity contribution in [1.82, 2.24) is 15.1 Å². The van der Waals surface area contributed by atoms with Crippen molar-refractivity contribution in [3.63, 3.8) is 0 Å². The van der Waals surface area contributed by atoms with E-state index in [1.165, 1.54) is 11.3 Å². The molecule has 1 aliphatic heterocycles. The Hall–Kier alpha value is -1.03. The van der Waals surface area contributed by atoms with Crippen LogP contribution in [-0.2, 0) is 13.0 Å². The molecule has 1 aromatic heterocycles. The van der Waals surface area contributed by atoms with E-state index in [9.17, 15) is 0 Å². The second-order valence-electron chi connectivity index (χ2n) is 3.99. The molecule has 0 saturated heterocycles. The third kappa shape index (κ3) is 1.39. The molecular formula is C10H18N4. The maximum Gasteiger partial charge on any atom is 0.151 e. The summed E-state index contributed by atoms with van der Waals surface area (Å²) in [5.74, 6) is 1.05. The van der Waals surface area contributed by atoms with Crippen LogP contribution in [0.25, 0.3) is 0 Å². The molecule has 0 atom stereocenters. The first-order chi connectivity index (χ1) is 6.74. The highest BCUT2D eigenvalue weighted by Gasteiger charge is 2.20. The van der Waals surface area contributed by atoms with E-state index in [0.717, 1.165) is 25.3 Å². The summed E-state index contributed by atoms with van der Waals surface area (Å²) in [5.41, 5.74) is 2.73. The second kappa shape index (κ2) is 3.61. The summed E-state index contributed by atoms with van der Waals surface area (Å²) in [6.07, 6.45) is 1.08. The van der Waals surface area contributed by atoms with Gasteiger partial charge in [-0.25, -0.2) is 0 Å². The largest absolute Gasteiger partial charge is 0.371 e. The van der Waals surface area contributed by atoms with Gasteiger partial charge in [0.05, 0.1) is 5.69 Å². The lowest BCUT2D eigenvalue weighted by atomic mass is 10.1. The van der Waals surface area contributed by atoms with Crippen molar-refractivity contribution in [2.24, 2.45) is 0 Å². The van der Waals surface area contributed by atoms with Gasteiger partial charge in [-0.05, 0) is 26.8 Å². The van der Waals surface area contributed by atoms with Gasteiger partial charge in [0.15, 0.2) is 5.82 Å². The van der Waals surface area contributed by atoms with Crippen molar-refractivity contribution in [1.29, 1.82) is 0 Å². The van der Waals surface area contributed by atoms with Crippen LogP contribution in [0.3, 0.4) is 0 Å².